The van der Waals surface area contributed by atoms with Crippen molar-refractivity contribution >= 4 is 86.2 Å². The summed E-state index contributed by atoms with van der Waals surface area (Å²) in [7, 11) is 0. The Bertz CT molecular complexity index is 2820. The smallest absolute Gasteiger partial charge is 0 e. The van der Waals surface area contributed by atoms with Crippen LogP contribution in [0.1, 0.15) is 0 Å². The molecule has 0 unspecified atom stereocenters. The van der Waals surface area contributed by atoms with E-state index in [0.717, 1.165) is 11.1 Å². The van der Waals surface area contributed by atoms with E-state index in [4.69, 9.17) is 0 Å². The van der Waals surface area contributed by atoms with Gasteiger partial charge in [-0.05, 0) is 113 Å². The van der Waals surface area contributed by atoms with Crippen LogP contribution in [0.5, 0.6) is 0 Å². The van der Waals surface area contributed by atoms with Crippen LogP contribution >= 0.6 is 0 Å². The first-order chi connectivity index (χ1) is 21.7. The maximum Gasteiger partial charge on any atom is 0 e. The Morgan fingerprint density at radius 3 is 1.18 bits per heavy atom. The van der Waals surface area contributed by atoms with Gasteiger partial charge < -0.3 is 0 Å². The molecular formula is C44H24Y-2. The number of benzene rings is 10. The predicted octanol–water partition coefficient (Wildman–Crippen LogP) is 12.2. The first kappa shape index (κ1) is 26.8. The van der Waals surface area contributed by atoms with Gasteiger partial charge in [0.1, 0.15) is 0 Å². The van der Waals surface area contributed by atoms with Crippen LogP contribution in [0.15, 0.2) is 146 Å². The minimum absolute atomic E-state index is 0. The zero-order chi connectivity index (χ0) is 28.8. The monoisotopic (exact) mass is 641 g/mol. The summed E-state index contributed by atoms with van der Waals surface area (Å²) in [5.41, 5.74) is 2.16. The molecule has 0 amide bonds. The molecular weight excluding hydrogens is 617 g/mol. The van der Waals surface area contributed by atoms with Crippen LogP contribution in [0.3, 0.4) is 0 Å². The van der Waals surface area contributed by atoms with Gasteiger partial charge in [-0.25, -0.2) is 11.1 Å². The third-order valence-corrected chi connectivity index (χ3v) is 9.40. The van der Waals surface area contributed by atoms with Gasteiger partial charge in [-0.15, -0.1) is 33.7 Å². The molecule has 0 aliphatic heterocycles. The normalized spacial score (nSPS) is 11.8. The maximum atomic E-state index is 3.61. The molecule has 0 aromatic heterocycles. The van der Waals surface area contributed by atoms with Crippen LogP contribution in [0, 0.1) is 12.1 Å². The summed E-state index contributed by atoms with van der Waals surface area (Å²) in [5, 5.41) is 20.0. The summed E-state index contributed by atoms with van der Waals surface area (Å²) >= 11 is 0. The summed E-state index contributed by atoms with van der Waals surface area (Å²) in [6.45, 7) is 0. The van der Waals surface area contributed by atoms with E-state index in [1.54, 1.807) is 0 Å². The van der Waals surface area contributed by atoms with Crippen molar-refractivity contribution in [2.24, 2.45) is 0 Å². The summed E-state index contributed by atoms with van der Waals surface area (Å²) < 4.78 is 0. The van der Waals surface area contributed by atoms with E-state index >= 15 is 0 Å². The third kappa shape index (κ3) is 4.36. The molecule has 0 N–H and O–H groups in total. The van der Waals surface area contributed by atoms with Gasteiger partial charge in [-0.3, -0.25) is 0 Å². The zero-order valence-corrected chi connectivity index (χ0v) is 27.3. The van der Waals surface area contributed by atoms with Crippen molar-refractivity contribution in [1.29, 1.82) is 0 Å². The van der Waals surface area contributed by atoms with Gasteiger partial charge in [0.05, 0.1) is 0 Å². The molecule has 10 aromatic rings. The zero-order valence-electron chi connectivity index (χ0n) is 24.4. The standard InChI is InChI=1S/C44H24.Y/c1-2-8-29-16-37-24-41-21-34-20-33(13-12-31(34)18-39(41)22-35(37)14-27(29)6-1)43-11-5-10-32-19-40-23-36-15-28-7-3-4-9-30(28)17-38(36)25-42(40)26-44(32)43;/h1-10,12,14-26H;/q-2;. The number of fused-ring (bicyclic) bond motifs is 8. The van der Waals surface area contributed by atoms with Gasteiger partial charge in [-0.2, -0.15) is 24.3 Å². The van der Waals surface area contributed by atoms with Crippen molar-refractivity contribution in [2.75, 3.05) is 0 Å². The fourth-order valence-corrected chi connectivity index (χ4v) is 7.16. The molecule has 0 atom stereocenters. The predicted molar refractivity (Wildman–Crippen MR) is 190 cm³/mol. The third-order valence-electron chi connectivity index (χ3n) is 9.40. The van der Waals surface area contributed by atoms with Crippen LogP contribution in [-0.2, 0) is 32.7 Å². The Labute approximate surface area is 285 Å². The van der Waals surface area contributed by atoms with E-state index in [-0.39, 0.29) is 32.7 Å². The van der Waals surface area contributed by atoms with Gasteiger partial charge in [0, 0.05) is 32.7 Å². The van der Waals surface area contributed by atoms with E-state index in [2.05, 4.69) is 152 Å². The Kier molecular flexibility index (Phi) is 6.07. The second kappa shape index (κ2) is 10.2. The average Bonchev–Trinajstić information content (AvgIpc) is 3.05. The molecule has 0 nitrogen and oxygen atoms in total. The average molecular weight is 642 g/mol. The first-order valence-electron chi connectivity index (χ1n) is 15.1. The molecule has 0 aliphatic rings. The van der Waals surface area contributed by atoms with Crippen molar-refractivity contribution in [3.63, 3.8) is 0 Å². The number of hydrogen-bond acceptors (Lipinski definition) is 0. The minimum atomic E-state index is 0. The summed E-state index contributed by atoms with van der Waals surface area (Å²) in [6.07, 6.45) is 0. The molecule has 45 heavy (non-hydrogen) atoms. The Morgan fingerprint density at radius 1 is 0.311 bits per heavy atom. The molecule has 0 saturated carbocycles. The van der Waals surface area contributed by atoms with E-state index in [1.165, 1.54) is 86.2 Å². The molecule has 0 saturated heterocycles. The van der Waals surface area contributed by atoms with Crippen LogP contribution in [0.2, 0.25) is 0 Å². The Morgan fingerprint density at radius 2 is 0.689 bits per heavy atom. The van der Waals surface area contributed by atoms with Crippen LogP contribution in [0.25, 0.3) is 97.3 Å². The van der Waals surface area contributed by atoms with Gasteiger partial charge in [0.15, 0.2) is 0 Å². The van der Waals surface area contributed by atoms with Crippen molar-refractivity contribution in [1.82, 2.24) is 0 Å². The number of rotatable bonds is 1. The largest absolute Gasteiger partial charge is 0.225 e. The molecule has 0 bridgehead atoms. The van der Waals surface area contributed by atoms with Crippen molar-refractivity contribution < 1.29 is 32.7 Å². The fraction of sp³-hybridized carbons (Fsp3) is 0. The van der Waals surface area contributed by atoms with Gasteiger partial charge in [0.25, 0.3) is 0 Å². The number of hydrogen-bond donors (Lipinski definition) is 0. The topological polar surface area (TPSA) is 0 Å². The molecule has 0 fully saturated rings. The summed E-state index contributed by atoms with van der Waals surface area (Å²) in [4.78, 5) is 0. The molecule has 0 spiro atoms. The van der Waals surface area contributed by atoms with E-state index in [0.29, 0.717) is 0 Å². The van der Waals surface area contributed by atoms with Crippen molar-refractivity contribution in [3.8, 4) is 11.1 Å². The molecule has 0 aliphatic carbocycles. The molecule has 1 heteroatoms. The van der Waals surface area contributed by atoms with Gasteiger partial charge in [0.2, 0.25) is 0 Å². The fourth-order valence-electron chi connectivity index (χ4n) is 7.16. The Balaban J connectivity index is 0.00000281. The quantitative estimate of drug-likeness (QED) is 0.124. The molecule has 10 rings (SSSR count). The molecule has 0 heterocycles. The molecule has 1 radical (unpaired) electrons. The Hall–Kier alpha value is -4.62. The van der Waals surface area contributed by atoms with E-state index < -0.39 is 0 Å². The van der Waals surface area contributed by atoms with E-state index in [9.17, 15) is 0 Å². The summed E-state index contributed by atoms with van der Waals surface area (Å²) in [6, 6.07) is 60.8. The first-order valence-corrected chi connectivity index (χ1v) is 15.1. The second-order valence-electron chi connectivity index (χ2n) is 12.1. The minimum Gasteiger partial charge on any atom is -0.225 e. The van der Waals surface area contributed by atoms with E-state index in [1.807, 2.05) is 6.07 Å². The van der Waals surface area contributed by atoms with Crippen molar-refractivity contribution in [3.05, 3.63) is 158 Å². The van der Waals surface area contributed by atoms with Crippen LogP contribution in [-0.4, -0.2) is 0 Å². The second-order valence-corrected chi connectivity index (χ2v) is 12.1. The van der Waals surface area contributed by atoms with Gasteiger partial charge >= 0.3 is 0 Å². The van der Waals surface area contributed by atoms with Crippen LogP contribution in [0.4, 0.5) is 0 Å². The molecule has 10 aromatic carbocycles. The SMILES string of the molecule is [Y].[c-]1cc2cc3cc4cc5ccccc5cc4cc3cc2cc1-c1[c-]ccc2cc3cc4cc5ccccc5cc4cc3cc12. The van der Waals surface area contributed by atoms with Crippen LogP contribution < -0.4 is 0 Å². The summed E-state index contributed by atoms with van der Waals surface area (Å²) in [5.74, 6) is 0. The maximum absolute atomic E-state index is 3.61. The van der Waals surface area contributed by atoms with Crippen molar-refractivity contribution in [2.45, 2.75) is 0 Å². The van der Waals surface area contributed by atoms with Gasteiger partial charge in [-0.1, -0.05) is 72.8 Å². The molecule has 205 valence electrons.